The monoisotopic (exact) mass is 410 g/mol. The molecule has 8 heteroatoms. The number of carbonyl (C=O) groups is 1. The van der Waals surface area contributed by atoms with Crippen LogP contribution in [0.25, 0.3) is 0 Å². The summed E-state index contributed by atoms with van der Waals surface area (Å²) >= 11 is 1.16. The summed E-state index contributed by atoms with van der Waals surface area (Å²) in [6, 6.07) is 4.88. The van der Waals surface area contributed by atoms with Crippen LogP contribution in [0.1, 0.15) is 48.8 Å². The molecule has 0 aliphatic heterocycles. The van der Waals surface area contributed by atoms with E-state index in [9.17, 15) is 13.2 Å². The summed E-state index contributed by atoms with van der Waals surface area (Å²) in [5.74, 6) is 0.538. The Hall–Kier alpha value is -1.93. The highest BCUT2D eigenvalue weighted by molar-refractivity contribution is 7.94. The number of aldehydes is 1. The van der Waals surface area contributed by atoms with E-state index in [1.807, 2.05) is 27.7 Å². The van der Waals surface area contributed by atoms with Crippen LogP contribution in [0.2, 0.25) is 0 Å². The number of benzene rings is 1. The molecule has 0 aliphatic carbocycles. The molecule has 2 rings (SSSR count). The van der Waals surface area contributed by atoms with Gasteiger partial charge in [0.1, 0.15) is 5.75 Å². The molecule has 0 N–H and O–H groups in total. The third-order valence-electron chi connectivity index (χ3n) is 3.69. The number of ether oxygens (including phenoxy) is 1. The van der Waals surface area contributed by atoms with E-state index in [2.05, 4.69) is 4.98 Å². The summed E-state index contributed by atoms with van der Waals surface area (Å²) in [6.45, 7) is 11.4. The zero-order valence-electron chi connectivity index (χ0n) is 16.5. The fourth-order valence-electron chi connectivity index (χ4n) is 2.67. The van der Waals surface area contributed by atoms with E-state index in [0.717, 1.165) is 11.3 Å². The molecule has 0 saturated carbocycles. The van der Waals surface area contributed by atoms with Crippen LogP contribution in [0.5, 0.6) is 5.75 Å². The van der Waals surface area contributed by atoms with Crippen LogP contribution >= 0.6 is 11.3 Å². The van der Waals surface area contributed by atoms with Gasteiger partial charge in [-0.05, 0) is 51.8 Å². The molecule has 1 aromatic carbocycles. The van der Waals surface area contributed by atoms with Gasteiger partial charge in [-0.2, -0.15) is 0 Å². The van der Waals surface area contributed by atoms with E-state index in [0.29, 0.717) is 40.5 Å². The molecular formula is C19H26N2O4S2. The first-order valence-corrected chi connectivity index (χ1v) is 11.0. The topological polar surface area (TPSA) is 76.6 Å². The first-order valence-electron chi connectivity index (χ1n) is 8.79. The molecule has 2 aromatic rings. The number of nitrogens with zero attached hydrogens (tertiary/aromatic N) is 2. The number of aryl methyl sites for hydroxylation is 2. The number of sulfonamides is 1. The van der Waals surface area contributed by atoms with Crippen LogP contribution in [0.15, 0.2) is 22.4 Å². The molecule has 1 heterocycles. The molecule has 148 valence electrons. The van der Waals surface area contributed by atoms with Crippen LogP contribution in [0.3, 0.4) is 0 Å². The lowest BCUT2D eigenvalue weighted by molar-refractivity contribution is 0.111. The number of thiazole rings is 1. The number of hydrogen-bond donors (Lipinski definition) is 0. The Morgan fingerprint density at radius 2 is 1.89 bits per heavy atom. The van der Waals surface area contributed by atoms with Gasteiger partial charge in [0.15, 0.2) is 10.5 Å². The second kappa shape index (κ2) is 8.39. The first-order chi connectivity index (χ1) is 12.6. The number of aromatic nitrogens is 1. The van der Waals surface area contributed by atoms with E-state index in [1.54, 1.807) is 32.0 Å². The summed E-state index contributed by atoms with van der Waals surface area (Å²) in [4.78, 5) is 15.8. The Bertz CT molecular complexity index is 918. The molecule has 0 spiro atoms. The quantitative estimate of drug-likeness (QED) is 0.609. The Kier molecular flexibility index (Phi) is 6.64. The van der Waals surface area contributed by atoms with Gasteiger partial charge in [-0.15, -0.1) is 11.3 Å². The minimum atomic E-state index is -3.79. The molecule has 6 nitrogen and oxygen atoms in total. The zero-order chi connectivity index (χ0) is 20.4. The highest BCUT2D eigenvalue weighted by atomic mass is 32.2. The molecule has 0 amide bonds. The number of anilines is 1. The van der Waals surface area contributed by atoms with Gasteiger partial charge < -0.3 is 4.74 Å². The lowest BCUT2D eigenvalue weighted by Gasteiger charge is -2.26. The molecule has 0 fully saturated rings. The summed E-state index contributed by atoms with van der Waals surface area (Å²) in [5.41, 5.74) is 1.25. The lowest BCUT2D eigenvalue weighted by atomic mass is 10.1. The van der Waals surface area contributed by atoms with Gasteiger partial charge >= 0.3 is 0 Å². The van der Waals surface area contributed by atoms with Crippen LogP contribution in [-0.4, -0.2) is 32.3 Å². The average molecular weight is 411 g/mol. The van der Waals surface area contributed by atoms with E-state index < -0.39 is 10.0 Å². The van der Waals surface area contributed by atoms with Gasteiger partial charge in [0.25, 0.3) is 10.0 Å². The van der Waals surface area contributed by atoms with Crippen molar-refractivity contribution >= 4 is 33.3 Å². The minimum absolute atomic E-state index is 0.0899. The Balaban J connectivity index is 2.57. The third-order valence-corrected chi connectivity index (χ3v) is 7.14. The Morgan fingerprint density at radius 1 is 1.22 bits per heavy atom. The van der Waals surface area contributed by atoms with Crippen molar-refractivity contribution in [3.8, 4) is 5.75 Å². The van der Waals surface area contributed by atoms with Gasteiger partial charge in [0.05, 0.1) is 28.1 Å². The van der Waals surface area contributed by atoms with E-state index in [1.165, 1.54) is 4.31 Å². The summed E-state index contributed by atoms with van der Waals surface area (Å²) in [7, 11) is -3.79. The smallest absolute Gasteiger partial charge is 0.275 e. The fourth-order valence-corrected chi connectivity index (χ4v) is 5.87. The first kappa shape index (κ1) is 21.4. The van der Waals surface area contributed by atoms with Crippen molar-refractivity contribution in [1.82, 2.24) is 4.98 Å². The number of hydrogen-bond acceptors (Lipinski definition) is 6. The Labute approximate surface area is 165 Å². The van der Waals surface area contributed by atoms with Gasteiger partial charge in [-0.3, -0.25) is 9.10 Å². The predicted molar refractivity (Wildman–Crippen MR) is 109 cm³/mol. The van der Waals surface area contributed by atoms with Crippen LogP contribution in [0, 0.1) is 19.8 Å². The van der Waals surface area contributed by atoms with Crippen molar-refractivity contribution in [2.24, 2.45) is 5.92 Å². The molecule has 0 radical (unpaired) electrons. The van der Waals surface area contributed by atoms with Crippen molar-refractivity contribution < 1.29 is 17.9 Å². The number of rotatable bonds is 8. The van der Waals surface area contributed by atoms with Gasteiger partial charge in [0.2, 0.25) is 0 Å². The molecule has 0 aliphatic rings. The van der Waals surface area contributed by atoms with Crippen LogP contribution in [-0.2, 0) is 10.0 Å². The van der Waals surface area contributed by atoms with Crippen molar-refractivity contribution in [3.05, 3.63) is 34.5 Å². The summed E-state index contributed by atoms with van der Waals surface area (Å²) in [5, 5.41) is 0.699. The van der Waals surface area contributed by atoms with Crippen molar-refractivity contribution in [1.29, 1.82) is 0 Å². The highest BCUT2D eigenvalue weighted by Crippen LogP contribution is 2.33. The lowest BCUT2D eigenvalue weighted by Crippen LogP contribution is -2.34. The van der Waals surface area contributed by atoms with Crippen molar-refractivity contribution in [3.63, 3.8) is 0 Å². The van der Waals surface area contributed by atoms with Crippen LogP contribution < -0.4 is 9.04 Å². The maximum absolute atomic E-state index is 13.3. The highest BCUT2D eigenvalue weighted by Gasteiger charge is 2.30. The molecule has 0 atom stereocenters. The molecule has 0 saturated heterocycles. The Morgan fingerprint density at radius 3 is 2.37 bits per heavy atom. The van der Waals surface area contributed by atoms with Crippen molar-refractivity contribution in [2.45, 2.75) is 51.9 Å². The fraction of sp³-hybridized carbons (Fsp3) is 0.474. The van der Waals surface area contributed by atoms with E-state index in [4.69, 9.17) is 4.74 Å². The summed E-state index contributed by atoms with van der Waals surface area (Å²) < 4.78 is 33.9. The maximum Gasteiger partial charge on any atom is 0.275 e. The average Bonchev–Trinajstić information content (AvgIpc) is 2.91. The largest absolute Gasteiger partial charge is 0.490 e. The zero-order valence-corrected chi connectivity index (χ0v) is 18.1. The molecular weight excluding hydrogens is 384 g/mol. The summed E-state index contributed by atoms with van der Waals surface area (Å²) in [6.07, 6.45) is 0.594. The molecule has 27 heavy (non-hydrogen) atoms. The second-order valence-electron chi connectivity index (χ2n) is 7.04. The van der Waals surface area contributed by atoms with Gasteiger partial charge in [-0.1, -0.05) is 13.8 Å². The van der Waals surface area contributed by atoms with Crippen molar-refractivity contribution in [2.75, 3.05) is 10.8 Å². The SMILES string of the molecule is Cc1nc(C)c(S(=O)(=O)N(CC(C)C)c2ccc(OC(C)C)c(C=O)c2)s1. The van der Waals surface area contributed by atoms with E-state index in [-0.39, 0.29) is 16.2 Å². The van der Waals surface area contributed by atoms with Gasteiger partial charge in [0, 0.05) is 6.54 Å². The molecule has 0 unspecified atom stereocenters. The third kappa shape index (κ3) is 4.87. The van der Waals surface area contributed by atoms with E-state index >= 15 is 0 Å². The number of carbonyl (C=O) groups excluding carboxylic acids is 1. The standard InChI is InChI=1S/C19H26N2O4S2/c1-12(2)10-21(27(23,24)19-14(5)20-15(6)26-19)17-7-8-18(25-13(3)4)16(9-17)11-22/h7-9,11-13H,10H2,1-6H3. The molecule has 0 bridgehead atoms. The molecule has 1 aromatic heterocycles. The van der Waals surface area contributed by atoms with Crippen LogP contribution in [0.4, 0.5) is 5.69 Å². The van der Waals surface area contributed by atoms with Gasteiger partial charge in [-0.25, -0.2) is 13.4 Å². The normalized spacial score (nSPS) is 11.9. The predicted octanol–water partition coefficient (Wildman–Crippen LogP) is 4.21. The second-order valence-corrected chi connectivity index (χ2v) is 10.3. The maximum atomic E-state index is 13.3. The minimum Gasteiger partial charge on any atom is -0.490 e.